The highest BCUT2D eigenvalue weighted by Gasteiger charge is 2.27. The quantitative estimate of drug-likeness (QED) is 0.456. The Morgan fingerprint density at radius 1 is 0.971 bits per heavy atom. The SMILES string of the molecule is COc1ccc(CNC(=O)/C(C#N)=C2\N=C(NC(=O)c3ccc(C)cc3)c3ccccc32)cc1. The number of benzene rings is 3. The molecule has 0 spiro atoms. The van der Waals surface area contributed by atoms with E-state index in [0.29, 0.717) is 28.3 Å². The Balaban J connectivity index is 1.59. The van der Waals surface area contributed by atoms with Crippen molar-refractivity contribution >= 4 is 23.3 Å². The number of ether oxygens (including phenoxy) is 1. The van der Waals surface area contributed by atoms with E-state index >= 15 is 0 Å². The van der Waals surface area contributed by atoms with E-state index in [1.54, 1.807) is 49.6 Å². The first-order valence-corrected chi connectivity index (χ1v) is 10.6. The molecule has 0 bridgehead atoms. The Hall–Kier alpha value is -4.70. The number of hydrogen-bond donors (Lipinski definition) is 2. The maximum absolute atomic E-state index is 12.9. The minimum absolute atomic E-state index is 0.124. The number of methoxy groups -OCH3 is 1. The molecule has 0 aromatic heterocycles. The van der Waals surface area contributed by atoms with Gasteiger partial charge >= 0.3 is 0 Å². The lowest BCUT2D eigenvalue weighted by molar-refractivity contribution is -0.117. The van der Waals surface area contributed by atoms with E-state index in [0.717, 1.165) is 11.1 Å². The first-order chi connectivity index (χ1) is 16.5. The van der Waals surface area contributed by atoms with Crippen LogP contribution < -0.4 is 15.4 Å². The number of aliphatic imine (C=N–C) groups is 1. The predicted octanol–water partition coefficient (Wildman–Crippen LogP) is 3.74. The number of nitrogens with zero attached hydrogens (tertiary/aromatic N) is 2. The third-order valence-corrected chi connectivity index (χ3v) is 5.39. The molecule has 0 aliphatic carbocycles. The van der Waals surface area contributed by atoms with Gasteiger partial charge in [0.1, 0.15) is 23.2 Å². The normalized spacial score (nSPS) is 13.3. The van der Waals surface area contributed by atoms with Gasteiger partial charge in [0.05, 0.1) is 12.8 Å². The zero-order valence-corrected chi connectivity index (χ0v) is 18.8. The van der Waals surface area contributed by atoms with Crippen LogP contribution in [0.3, 0.4) is 0 Å². The van der Waals surface area contributed by atoms with Crippen molar-refractivity contribution in [3.63, 3.8) is 0 Å². The Morgan fingerprint density at radius 3 is 2.29 bits per heavy atom. The van der Waals surface area contributed by atoms with Crippen molar-refractivity contribution in [2.45, 2.75) is 13.5 Å². The van der Waals surface area contributed by atoms with Gasteiger partial charge in [-0.15, -0.1) is 0 Å². The topological polar surface area (TPSA) is 104 Å². The van der Waals surface area contributed by atoms with Crippen LogP contribution >= 0.6 is 0 Å². The Labute approximate surface area is 197 Å². The van der Waals surface area contributed by atoms with Gasteiger partial charge in [-0.2, -0.15) is 5.26 Å². The molecule has 1 aliphatic rings. The van der Waals surface area contributed by atoms with Gasteiger partial charge in [0.15, 0.2) is 0 Å². The molecule has 168 valence electrons. The molecular weight excluding hydrogens is 428 g/mol. The van der Waals surface area contributed by atoms with Crippen molar-refractivity contribution in [3.8, 4) is 11.8 Å². The number of amidine groups is 1. The summed E-state index contributed by atoms with van der Waals surface area (Å²) in [6.07, 6.45) is 0. The number of aryl methyl sites for hydroxylation is 1. The molecule has 7 nitrogen and oxygen atoms in total. The summed E-state index contributed by atoms with van der Waals surface area (Å²) in [6.45, 7) is 2.18. The fraction of sp³-hybridized carbons (Fsp3) is 0.111. The third-order valence-electron chi connectivity index (χ3n) is 5.39. The molecule has 2 N–H and O–H groups in total. The van der Waals surface area contributed by atoms with Gasteiger partial charge in [-0.05, 0) is 36.8 Å². The number of nitriles is 1. The molecule has 0 unspecified atom stereocenters. The molecule has 0 atom stereocenters. The van der Waals surface area contributed by atoms with Gasteiger partial charge in [0.25, 0.3) is 11.8 Å². The van der Waals surface area contributed by atoms with E-state index in [2.05, 4.69) is 15.6 Å². The average Bonchev–Trinajstić information content (AvgIpc) is 3.22. The fourth-order valence-corrected chi connectivity index (χ4v) is 3.52. The summed E-state index contributed by atoms with van der Waals surface area (Å²) in [7, 11) is 1.58. The molecule has 1 aliphatic heterocycles. The summed E-state index contributed by atoms with van der Waals surface area (Å²) < 4.78 is 5.14. The Bertz CT molecular complexity index is 1350. The van der Waals surface area contributed by atoms with Crippen molar-refractivity contribution < 1.29 is 14.3 Å². The summed E-state index contributed by atoms with van der Waals surface area (Å²) in [5.74, 6) is 0.147. The molecule has 2 amide bonds. The molecule has 0 fully saturated rings. The molecule has 0 saturated heterocycles. The van der Waals surface area contributed by atoms with E-state index in [1.165, 1.54) is 0 Å². The van der Waals surface area contributed by atoms with Crippen LogP contribution in [0.15, 0.2) is 83.4 Å². The lowest BCUT2D eigenvalue weighted by Gasteiger charge is -2.07. The lowest BCUT2D eigenvalue weighted by Crippen LogP contribution is -2.30. The second kappa shape index (κ2) is 9.84. The summed E-state index contributed by atoms with van der Waals surface area (Å²) in [5.41, 5.74) is 3.75. The summed E-state index contributed by atoms with van der Waals surface area (Å²) in [6, 6.07) is 23.6. The van der Waals surface area contributed by atoms with Crippen LogP contribution in [-0.2, 0) is 11.3 Å². The van der Waals surface area contributed by atoms with E-state index < -0.39 is 5.91 Å². The highest BCUT2D eigenvalue weighted by atomic mass is 16.5. The molecule has 3 aromatic rings. The van der Waals surface area contributed by atoms with Gasteiger partial charge in [0.2, 0.25) is 0 Å². The van der Waals surface area contributed by atoms with Crippen LogP contribution in [0.2, 0.25) is 0 Å². The average molecular weight is 450 g/mol. The number of fused-ring (bicyclic) bond motifs is 1. The van der Waals surface area contributed by atoms with Crippen molar-refractivity contribution in [2.75, 3.05) is 7.11 Å². The van der Waals surface area contributed by atoms with Crippen LogP contribution in [0.4, 0.5) is 0 Å². The number of carbonyl (C=O) groups is 2. The number of nitrogens with one attached hydrogen (secondary N) is 2. The van der Waals surface area contributed by atoms with Gasteiger partial charge in [-0.25, -0.2) is 4.99 Å². The van der Waals surface area contributed by atoms with E-state index in [-0.39, 0.29) is 23.7 Å². The molecule has 34 heavy (non-hydrogen) atoms. The summed E-state index contributed by atoms with van der Waals surface area (Å²) in [4.78, 5) is 30.1. The van der Waals surface area contributed by atoms with Crippen molar-refractivity contribution in [3.05, 3.63) is 106 Å². The molecule has 0 saturated carbocycles. The summed E-state index contributed by atoms with van der Waals surface area (Å²) >= 11 is 0. The van der Waals surface area contributed by atoms with Crippen molar-refractivity contribution in [1.29, 1.82) is 5.26 Å². The van der Waals surface area contributed by atoms with Crippen molar-refractivity contribution in [1.82, 2.24) is 10.6 Å². The second-order valence-electron chi connectivity index (χ2n) is 7.69. The zero-order chi connectivity index (χ0) is 24.1. The zero-order valence-electron chi connectivity index (χ0n) is 18.8. The first kappa shape index (κ1) is 22.5. The molecule has 3 aromatic carbocycles. The van der Waals surface area contributed by atoms with Gasteiger partial charge in [0, 0.05) is 23.2 Å². The number of carbonyl (C=O) groups excluding carboxylic acids is 2. The third kappa shape index (κ3) is 4.71. The van der Waals surface area contributed by atoms with Crippen LogP contribution in [0.1, 0.15) is 32.6 Å². The van der Waals surface area contributed by atoms with Crippen LogP contribution in [-0.4, -0.2) is 24.8 Å². The maximum Gasteiger partial charge on any atom is 0.264 e. The monoisotopic (exact) mass is 450 g/mol. The maximum atomic E-state index is 12.9. The highest BCUT2D eigenvalue weighted by molar-refractivity contribution is 6.20. The minimum Gasteiger partial charge on any atom is -0.497 e. The van der Waals surface area contributed by atoms with Gasteiger partial charge in [-0.1, -0.05) is 54.1 Å². The van der Waals surface area contributed by atoms with Crippen LogP contribution in [0.25, 0.3) is 5.70 Å². The first-order valence-electron chi connectivity index (χ1n) is 10.6. The predicted molar refractivity (Wildman–Crippen MR) is 129 cm³/mol. The number of amides is 2. The van der Waals surface area contributed by atoms with Gasteiger partial charge in [-0.3, -0.25) is 9.59 Å². The lowest BCUT2D eigenvalue weighted by atomic mass is 10.0. The summed E-state index contributed by atoms with van der Waals surface area (Å²) in [5, 5.41) is 15.4. The van der Waals surface area contributed by atoms with Crippen LogP contribution in [0.5, 0.6) is 5.75 Å². The molecule has 0 radical (unpaired) electrons. The van der Waals surface area contributed by atoms with Crippen LogP contribution in [0, 0.1) is 18.3 Å². The van der Waals surface area contributed by atoms with E-state index in [9.17, 15) is 14.9 Å². The number of hydrogen-bond acceptors (Lipinski definition) is 5. The standard InChI is InChI=1S/C27H22N4O3/c1-17-7-11-19(12-8-17)26(32)31-25-22-6-4-3-5-21(22)24(30-25)23(15-28)27(33)29-16-18-9-13-20(34-2)14-10-18/h3-14H,16H2,1-2H3,(H,29,33)(H,30,31,32)/b24-23-. The van der Waals surface area contributed by atoms with E-state index in [4.69, 9.17) is 4.74 Å². The van der Waals surface area contributed by atoms with Gasteiger partial charge < -0.3 is 15.4 Å². The van der Waals surface area contributed by atoms with E-state index in [1.807, 2.05) is 43.3 Å². The Kier molecular flexibility index (Phi) is 6.51. The molecule has 7 heteroatoms. The van der Waals surface area contributed by atoms with Crippen molar-refractivity contribution in [2.24, 2.45) is 4.99 Å². The molecule has 4 rings (SSSR count). The second-order valence-corrected chi connectivity index (χ2v) is 7.69. The smallest absolute Gasteiger partial charge is 0.264 e. The molecular formula is C27H22N4O3. The largest absolute Gasteiger partial charge is 0.497 e. The Morgan fingerprint density at radius 2 is 1.65 bits per heavy atom. The minimum atomic E-state index is -0.544. The fourth-order valence-electron chi connectivity index (χ4n) is 3.52. The number of rotatable bonds is 5. The molecule has 1 heterocycles. The highest BCUT2D eigenvalue weighted by Crippen LogP contribution is 2.30.